The number of carbonyl (C=O) groups is 3. The van der Waals surface area contributed by atoms with Crippen molar-refractivity contribution in [3.63, 3.8) is 0 Å². The minimum Gasteiger partial charge on any atom is -0.467 e. The molecule has 1 N–H and O–H groups in total. The molecule has 2 rings (SSSR count). The summed E-state index contributed by atoms with van der Waals surface area (Å²) < 4.78 is 21.0. The van der Waals surface area contributed by atoms with E-state index in [1.54, 1.807) is 4.90 Å². The molecular weight excluding hydrogens is 404 g/mol. The van der Waals surface area contributed by atoms with E-state index in [2.05, 4.69) is 5.32 Å². The van der Waals surface area contributed by atoms with Crippen molar-refractivity contribution in [2.45, 2.75) is 57.9 Å². The second-order valence-electron chi connectivity index (χ2n) is 8.29. The van der Waals surface area contributed by atoms with Crippen molar-refractivity contribution in [1.29, 1.82) is 0 Å². The Balaban J connectivity index is 1.82. The number of esters is 1. The molecule has 2 atom stereocenters. The molecule has 0 aromatic heterocycles. The number of nitrogens with zero attached hydrogens (tertiary/aromatic N) is 1. The minimum atomic E-state index is -1.02. The Morgan fingerprint density at radius 2 is 1.90 bits per heavy atom. The van der Waals surface area contributed by atoms with Gasteiger partial charge in [-0.05, 0) is 39.2 Å². The summed E-state index contributed by atoms with van der Waals surface area (Å²) in [6.07, 6.45) is 0.483. The third-order valence-electron chi connectivity index (χ3n) is 4.59. The van der Waals surface area contributed by atoms with Crippen LogP contribution in [0, 0.1) is 0 Å². The zero-order valence-corrected chi connectivity index (χ0v) is 18.6. The molecule has 1 saturated heterocycles. The smallest absolute Gasteiger partial charge is 0.410 e. The molecule has 172 valence electrons. The van der Waals surface area contributed by atoms with E-state index in [9.17, 15) is 14.4 Å². The van der Waals surface area contributed by atoms with Crippen molar-refractivity contribution in [1.82, 2.24) is 10.2 Å². The van der Waals surface area contributed by atoms with E-state index in [1.807, 2.05) is 51.1 Å². The first-order valence-electron chi connectivity index (χ1n) is 10.3. The number of methoxy groups -OCH3 is 1. The predicted octanol–water partition coefficient (Wildman–Crippen LogP) is 2.87. The van der Waals surface area contributed by atoms with Crippen LogP contribution < -0.4 is 5.32 Å². The lowest BCUT2D eigenvalue weighted by Gasteiger charge is -2.28. The first-order valence-corrected chi connectivity index (χ1v) is 10.3. The molecule has 0 saturated carbocycles. The number of hydrogen-bond acceptors (Lipinski definition) is 7. The van der Waals surface area contributed by atoms with Crippen molar-refractivity contribution in [2.24, 2.45) is 0 Å². The van der Waals surface area contributed by atoms with Gasteiger partial charge in [-0.15, -0.1) is 0 Å². The predicted molar refractivity (Wildman–Crippen MR) is 112 cm³/mol. The number of carbonyl (C=O) groups excluding carboxylic acids is 3. The summed E-state index contributed by atoms with van der Waals surface area (Å²) >= 11 is 0. The first-order chi connectivity index (χ1) is 14.7. The summed E-state index contributed by atoms with van der Waals surface area (Å²) in [4.78, 5) is 38.1. The Kier molecular flexibility index (Phi) is 9.11. The van der Waals surface area contributed by atoms with E-state index in [-0.39, 0.29) is 32.0 Å². The summed E-state index contributed by atoms with van der Waals surface area (Å²) in [6.45, 7) is 6.23. The highest BCUT2D eigenvalue weighted by atomic mass is 16.6. The Bertz CT molecular complexity index is 733. The van der Waals surface area contributed by atoms with Crippen LogP contribution in [-0.2, 0) is 30.3 Å². The maximum atomic E-state index is 12.4. The summed E-state index contributed by atoms with van der Waals surface area (Å²) in [5, 5.41) is 2.46. The Morgan fingerprint density at radius 1 is 1.19 bits per heavy atom. The van der Waals surface area contributed by atoms with Crippen LogP contribution in [0.15, 0.2) is 30.3 Å². The fourth-order valence-corrected chi connectivity index (χ4v) is 3.11. The van der Waals surface area contributed by atoms with Crippen LogP contribution in [0.25, 0.3) is 0 Å². The third-order valence-corrected chi connectivity index (χ3v) is 4.59. The Hall–Kier alpha value is -2.81. The van der Waals surface area contributed by atoms with Gasteiger partial charge in [-0.3, -0.25) is 0 Å². The van der Waals surface area contributed by atoms with Gasteiger partial charge < -0.3 is 29.2 Å². The second-order valence-corrected chi connectivity index (χ2v) is 8.29. The molecule has 0 aliphatic carbocycles. The maximum Gasteiger partial charge on any atom is 0.410 e. The van der Waals surface area contributed by atoms with Crippen LogP contribution in [0.1, 0.15) is 39.2 Å². The Labute approximate surface area is 183 Å². The molecule has 0 radical (unpaired) electrons. The summed E-state index contributed by atoms with van der Waals surface area (Å²) in [7, 11) is 1.23. The number of rotatable bonds is 8. The number of benzene rings is 1. The van der Waals surface area contributed by atoms with Crippen LogP contribution in [0.3, 0.4) is 0 Å². The molecule has 1 heterocycles. The maximum absolute atomic E-state index is 12.4. The molecule has 1 aliphatic rings. The zero-order valence-electron chi connectivity index (χ0n) is 18.6. The molecule has 0 spiro atoms. The van der Waals surface area contributed by atoms with Gasteiger partial charge in [0.15, 0.2) is 6.04 Å². The third kappa shape index (κ3) is 8.45. The van der Waals surface area contributed by atoms with E-state index in [0.29, 0.717) is 6.54 Å². The number of hydrogen-bond donors (Lipinski definition) is 1. The van der Waals surface area contributed by atoms with Gasteiger partial charge in [0.1, 0.15) is 12.2 Å². The highest BCUT2D eigenvalue weighted by molar-refractivity contribution is 5.81. The van der Waals surface area contributed by atoms with Crippen LogP contribution in [0.5, 0.6) is 0 Å². The molecule has 1 fully saturated rings. The van der Waals surface area contributed by atoms with Crippen molar-refractivity contribution >= 4 is 18.2 Å². The molecule has 1 aliphatic heterocycles. The fourth-order valence-electron chi connectivity index (χ4n) is 3.11. The van der Waals surface area contributed by atoms with E-state index in [4.69, 9.17) is 18.9 Å². The van der Waals surface area contributed by atoms with Crippen molar-refractivity contribution in [2.75, 3.05) is 26.9 Å². The average Bonchev–Trinajstić information content (AvgIpc) is 3.19. The van der Waals surface area contributed by atoms with Gasteiger partial charge in [-0.25, -0.2) is 14.4 Å². The van der Waals surface area contributed by atoms with Gasteiger partial charge in [0.25, 0.3) is 0 Å². The van der Waals surface area contributed by atoms with E-state index in [1.165, 1.54) is 7.11 Å². The number of amides is 2. The molecule has 1 unspecified atom stereocenters. The lowest BCUT2D eigenvalue weighted by molar-refractivity contribution is -0.144. The molecule has 9 nitrogen and oxygen atoms in total. The van der Waals surface area contributed by atoms with Crippen LogP contribution in [0.4, 0.5) is 9.59 Å². The normalized spacial score (nSPS) is 17.0. The SMILES string of the molecule is COC(=O)C(COC[C@H]1CCCN1C(=O)OC(C)(C)C)NC(=O)OCc1ccccc1. The highest BCUT2D eigenvalue weighted by Gasteiger charge is 2.33. The lowest BCUT2D eigenvalue weighted by atomic mass is 10.2. The molecular formula is C22H32N2O7. The van der Waals surface area contributed by atoms with Crippen molar-refractivity contribution in [3.05, 3.63) is 35.9 Å². The number of ether oxygens (including phenoxy) is 4. The molecule has 9 heteroatoms. The fraction of sp³-hybridized carbons (Fsp3) is 0.591. The lowest BCUT2D eigenvalue weighted by Crippen LogP contribution is -2.46. The average molecular weight is 437 g/mol. The standard InChI is InChI=1S/C22H32N2O7/c1-22(2,3)31-21(27)24-12-8-11-17(24)14-29-15-18(19(25)28-4)23-20(26)30-13-16-9-6-5-7-10-16/h5-7,9-10,17-18H,8,11-15H2,1-4H3,(H,23,26)/t17-,18?/m1/s1. The quantitative estimate of drug-likeness (QED) is 0.494. The number of likely N-dealkylation sites (tertiary alicyclic amines) is 1. The van der Waals surface area contributed by atoms with Gasteiger partial charge in [0.05, 0.1) is 26.4 Å². The van der Waals surface area contributed by atoms with Gasteiger partial charge in [-0.1, -0.05) is 30.3 Å². The van der Waals surface area contributed by atoms with Gasteiger partial charge >= 0.3 is 18.2 Å². The monoisotopic (exact) mass is 436 g/mol. The number of nitrogens with one attached hydrogen (secondary N) is 1. The first kappa shape index (κ1) is 24.5. The number of alkyl carbamates (subject to hydrolysis) is 1. The van der Waals surface area contributed by atoms with Crippen molar-refractivity contribution < 1.29 is 33.3 Å². The van der Waals surface area contributed by atoms with E-state index in [0.717, 1.165) is 18.4 Å². The van der Waals surface area contributed by atoms with Crippen LogP contribution in [0.2, 0.25) is 0 Å². The summed E-state index contributed by atoms with van der Waals surface area (Å²) in [5.41, 5.74) is 0.248. The van der Waals surface area contributed by atoms with Crippen LogP contribution >= 0.6 is 0 Å². The molecule has 2 amide bonds. The summed E-state index contributed by atoms with van der Waals surface area (Å²) in [6, 6.07) is 8.01. The van der Waals surface area contributed by atoms with E-state index >= 15 is 0 Å². The second kappa shape index (κ2) is 11.5. The molecule has 0 bridgehead atoms. The van der Waals surface area contributed by atoms with Crippen molar-refractivity contribution in [3.8, 4) is 0 Å². The molecule has 1 aromatic carbocycles. The largest absolute Gasteiger partial charge is 0.467 e. The zero-order chi connectivity index (χ0) is 22.9. The summed E-state index contributed by atoms with van der Waals surface area (Å²) in [5.74, 6) is -0.646. The van der Waals surface area contributed by atoms with Crippen LogP contribution in [-0.4, -0.2) is 67.6 Å². The minimum absolute atomic E-state index is 0.0777. The van der Waals surface area contributed by atoms with Gasteiger partial charge in [-0.2, -0.15) is 0 Å². The van der Waals surface area contributed by atoms with E-state index < -0.39 is 23.7 Å². The topological polar surface area (TPSA) is 103 Å². The van der Waals surface area contributed by atoms with Gasteiger partial charge in [0, 0.05) is 6.54 Å². The Morgan fingerprint density at radius 3 is 2.55 bits per heavy atom. The highest BCUT2D eigenvalue weighted by Crippen LogP contribution is 2.21. The molecule has 31 heavy (non-hydrogen) atoms. The van der Waals surface area contributed by atoms with Gasteiger partial charge in [0.2, 0.25) is 0 Å². The molecule has 1 aromatic rings.